The maximum atomic E-state index is 12.2. The molecule has 1 amide bonds. The third-order valence-electron chi connectivity index (χ3n) is 4.79. The second-order valence-electron chi connectivity index (χ2n) is 8.01. The molecular formula is C20H28N4O4. The van der Waals surface area contributed by atoms with E-state index >= 15 is 0 Å². The Hall–Kier alpha value is -2.61. The number of aromatic amines is 1. The van der Waals surface area contributed by atoms with Gasteiger partial charge in [0, 0.05) is 43.5 Å². The number of carbonyl (C=O) groups excluding carboxylic acids is 2. The molecule has 8 nitrogen and oxygen atoms in total. The third-order valence-corrected chi connectivity index (χ3v) is 4.79. The number of pyridine rings is 1. The summed E-state index contributed by atoms with van der Waals surface area (Å²) in [6, 6.07) is 1.96. The second-order valence-corrected chi connectivity index (χ2v) is 8.01. The predicted molar refractivity (Wildman–Crippen MR) is 105 cm³/mol. The molecule has 0 saturated carbocycles. The van der Waals surface area contributed by atoms with Crippen LogP contribution >= 0.6 is 0 Å². The van der Waals surface area contributed by atoms with E-state index in [1.807, 2.05) is 27.0 Å². The quantitative estimate of drug-likeness (QED) is 0.782. The molecule has 3 rings (SSSR count). The molecule has 2 aromatic rings. The molecule has 28 heavy (non-hydrogen) atoms. The summed E-state index contributed by atoms with van der Waals surface area (Å²) >= 11 is 0. The van der Waals surface area contributed by atoms with Gasteiger partial charge in [-0.25, -0.2) is 14.6 Å². The fourth-order valence-electron chi connectivity index (χ4n) is 3.39. The zero-order valence-electron chi connectivity index (χ0n) is 16.9. The van der Waals surface area contributed by atoms with Crippen LogP contribution in [0, 0.1) is 0 Å². The van der Waals surface area contributed by atoms with Crippen LogP contribution in [0.2, 0.25) is 0 Å². The molecule has 1 aliphatic rings. The van der Waals surface area contributed by atoms with Gasteiger partial charge < -0.3 is 24.7 Å². The summed E-state index contributed by atoms with van der Waals surface area (Å²) in [6.07, 6.45) is 4.91. The second kappa shape index (κ2) is 8.18. The smallest absolute Gasteiger partial charge is 0.410 e. The van der Waals surface area contributed by atoms with Gasteiger partial charge in [-0.15, -0.1) is 0 Å². The lowest BCUT2D eigenvalue weighted by molar-refractivity contribution is 0.0198. The number of amides is 1. The molecule has 2 N–H and O–H groups in total. The first-order valence-electron chi connectivity index (χ1n) is 9.53. The van der Waals surface area contributed by atoms with E-state index in [1.165, 1.54) is 7.11 Å². The van der Waals surface area contributed by atoms with Crippen LogP contribution in [0.5, 0.6) is 0 Å². The van der Waals surface area contributed by atoms with Crippen molar-refractivity contribution < 1.29 is 19.1 Å². The van der Waals surface area contributed by atoms with Gasteiger partial charge in [0.2, 0.25) is 0 Å². The van der Waals surface area contributed by atoms with E-state index < -0.39 is 5.60 Å². The Labute approximate surface area is 164 Å². The van der Waals surface area contributed by atoms with Gasteiger partial charge in [0.25, 0.3) is 0 Å². The van der Waals surface area contributed by atoms with E-state index in [0.29, 0.717) is 36.9 Å². The molecule has 0 radical (unpaired) electrons. The highest BCUT2D eigenvalue weighted by Gasteiger charge is 2.27. The molecule has 2 aromatic heterocycles. The number of fused-ring (bicyclic) bond motifs is 1. The fourth-order valence-corrected chi connectivity index (χ4v) is 3.39. The molecule has 0 bridgehead atoms. The Morgan fingerprint density at radius 1 is 1.32 bits per heavy atom. The third kappa shape index (κ3) is 4.62. The Morgan fingerprint density at radius 2 is 2.04 bits per heavy atom. The van der Waals surface area contributed by atoms with Crippen molar-refractivity contribution >= 4 is 23.1 Å². The van der Waals surface area contributed by atoms with Gasteiger partial charge in [-0.3, -0.25) is 0 Å². The van der Waals surface area contributed by atoms with Gasteiger partial charge in [-0.1, -0.05) is 0 Å². The van der Waals surface area contributed by atoms with Crippen LogP contribution in [-0.4, -0.2) is 58.8 Å². The van der Waals surface area contributed by atoms with Crippen molar-refractivity contribution in [1.29, 1.82) is 0 Å². The molecule has 0 atom stereocenters. The van der Waals surface area contributed by atoms with Crippen molar-refractivity contribution in [1.82, 2.24) is 20.2 Å². The number of methoxy groups -OCH3 is 1. The highest BCUT2D eigenvalue weighted by molar-refractivity contribution is 6.03. The number of rotatable bonds is 4. The lowest BCUT2D eigenvalue weighted by atomic mass is 10.0. The number of piperidine rings is 1. The van der Waals surface area contributed by atoms with Gasteiger partial charge in [0.05, 0.1) is 12.7 Å². The molecule has 1 aliphatic heterocycles. The first-order valence-corrected chi connectivity index (χ1v) is 9.53. The number of hydrogen-bond acceptors (Lipinski definition) is 6. The van der Waals surface area contributed by atoms with Crippen molar-refractivity contribution in [3.63, 3.8) is 0 Å². The Bertz CT molecular complexity index is 847. The van der Waals surface area contributed by atoms with Gasteiger partial charge in [0.1, 0.15) is 11.2 Å². The normalized spacial score (nSPS) is 15.6. The summed E-state index contributed by atoms with van der Waals surface area (Å²) in [5.41, 5.74) is 1.66. The number of aromatic nitrogens is 2. The van der Waals surface area contributed by atoms with E-state index in [-0.39, 0.29) is 12.1 Å². The minimum Gasteiger partial charge on any atom is -0.465 e. The Kier molecular flexibility index (Phi) is 5.88. The maximum Gasteiger partial charge on any atom is 0.410 e. The van der Waals surface area contributed by atoms with Gasteiger partial charge >= 0.3 is 12.1 Å². The number of hydrogen-bond donors (Lipinski definition) is 2. The van der Waals surface area contributed by atoms with Crippen LogP contribution in [0.3, 0.4) is 0 Å². The van der Waals surface area contributed by atoms with Crippen LogP contribution in [0.4, 0.5) is 4.79 Å². The van der Waals surface area contributed by atoms with Crippen LogP contribution in [-0.2, 0) is 16.0 Å². The molecule has 0 unspecified atom stereocenters. The van der Waals surface area contributed by atoms with Crippen molar-refractivity contribution in [2.45, 2.75) is 51.8 Å². The number of ether oxygens (including phenoxy) is 2. The Morgan fingerprint density at radius 3 is 2.68 bits per heavy atom. The average Bonchev–Trinajstić information content (AvgIpc) is 3.08. The summed E-state index contributed by atoms with van der Waals surface area (Å²) in [5, 5.41) is 4.31. The zero-order valence-corrected chi connectivity index (χ0v) is 16.9. The molecule has 1 fully saturated rings. The summed E-state index contributed by atoms with van der Waals surface area (Å²) in [5.74, 6) is -0.376. The van der Waals surface area contributed by atoms with E-state index in [4.69, 9.17) is 9.47 Å². The van der Waals surface area contributed by atoms with E-state index in [9.17, 15) is 9.59 Å². The van der Waals surface area contributed by atoms with Gasteiger partial charge in [0.15, 0.2) is 0 Å². The number of nitrogens with one attached hydrogen (secondary N) is 2. The summed E-state index contributed by atoms with van der Waals surface area (Å²) in [7, 11) is 1.37. The van der Waals surface area contributed by atoms with Crippen LogP contribution in [0.1, 0.15) is 49.5 Å². The summed E-state index contributed by atoms with van der Waals surface area (Å²) in [4.78, 5) is 33.4. The fraction of sp³-hybridized carbons (Fsp3) is 0.550. The highest BCUT2D eigenvalue weighted by atomic mass is 16.6. The largest absolute Gasteiger partial charge is 0.465 e. The molecule has 3 heterocycles. The molecule has 1 saturated heterocycles. The minimum atomic E-state index is -0.479. The van der Waals surface area contributed by atoms with E-state index in [2.05, 4.69) is 15.3 Å². The van der Waals surface area contributed by atoms with Crippen molar-refractivity contribution in [3.05, 3.63) is 29.6 Å². The van der Waals surface area contributed by atoms with Crippen LogP contribution in [0.15, 0.2) is 18.5 Å². The van der Waals surface area contributed by atoms with Gasteiger partial charge in [-0.05, 0) is 45.2 Å². The van der Waals surface area contributed by atoms with Crippen molar-refractivity contribution in [2.24, 2.45) is 0 Å². The van der Waals surface area contributed by atoms with E-state index in [0.717, 1.165) is 23.8 Å². The van der Waals surface area contributed by atoms with Crippen molar-refractivity contribution in [3.8, 4) is 0 Å². The number of carbonyl (C=O) groups is 2. The molecule has 152 valence electrons. The first-order chi connectivity index (χ1) is 13.3. The van der Waals surface area contributed by atoms with Crippen LogP contribution in [0.25, 0.3) is 11.0 Å². The van der Waals surface area contributed by atoms with Crippen molar-refractivity contribution in [2.75, 3.05) is 20.2 Å². The monoisotopic (exact) mass is 388 g/mol. The highest BCUT2D eigenvalue weighted by Crippen LogP contribution is 2.22. The molecule has 0 aromatic carbocycles. The number of esters is 1. The SMILES string of the molecule is COC(=O)c1ccnc2[nH]cc(CNC3CCN(C(=O)OC(C)(C)C)CC3)c12. The lowest BCUT2D eigenvalue weighted by Crippen LogP contribution is -2.46. The molecular weight excluding hydrogens is 360 g/mol. The minimum absolute atomic E-state index is 0.253. The molecule has 0 aliphatic carbocycles. The van der Waals surface area contributed by atoms with Gasteiger partial charge in [-0.2, -0.15) is 0 Å². The maximum absolute atomic E-state index is 12.2. The molecule has 8 heteroatoms. The molecule has 0 spiro atoms. The Balaban J connectivity index is 1.59. The average molecular weight is 388 g/mol. The zero-order chi connectivity index (χ0) is 20.3. The number of likely N-dealkylation sites (tertiary alicyclic amines) is 1. The topological polar surface area (TPSA) is 96.5 Å². The standard InChI is InChI=1S/C20H28N4O4/c1-20(2,3)28-19(26)24-9-6-14(7-10-24)22-11-13-12-23-17-16(13)15(5-8-21-17)18(25)27-4/h5,8,12,14,22H,6-7,9-11H2,1-4H3,(H,21,23). The number of H-pyrrole nitrogens is 1. The summed E-state index contributed by atoms with van der Waals surface area (Å²) in [6.45, 7) is 7.55. The first kappa shape index (κ1) is 20.1. The van der Waals surface area contributed by atoms with Crippen LogP contribution < -0.4 is 5.32 Å². The summed E-state index contributed by atoms with van der Waals surface area (Å²) < 4.78 is 10.3. The van der Waals surface area contributed by atoms with E-state index in [1.54, 1.807) is 17.2 Å². The number of nitrogens with zero attached hydrogens (tertiary/aromatic N) is 2. The lowest BCUT2D eigenvalue weighted by Gasteiger charge is -2.33. The predicted octanol–water partition coefficient (Wildman–Crippen LogP) is 2.84.